The van der Waals surface area contributed by atoms with Gasteiger partial charge in [0.25, 0.3) is 0 Å². The lowest BCUT2D eigenvalue weighted by Crippen LogP contribution is -2.17. The van der Waals surface area contributed by atoms with Crippen molar-refractivity contribution in [3.8, 4) is 0 Å². The number of aromatic nitrogens is 1. The summed E-state index contributed by atoms with van der Waals surface area (Å²) in [5.74, 6) is 0.652. The van der Waals surface area contributed by atoms with Crippen LogP contribution in [0.1, 0.15) is 37.3 Å². The van der Waals surface area contributed by atoms with Gasteiger partial charge in [0, 0.05) is 24.5 Å². The van der Waals surface area contributed by atoms with Crippen molar-refractivity contribution in [3.63, 3.8) is 0 Å². The molecular formula is C12H21N3S. The Morgan fingerprint density at radius 3 is 2.62 bits per heavy atom. The van der Waals surface area contributed by atoms with Crippen LogP contribution in [-0.4, -0.2) is 18.1 Å². The summed E-state index contributed by atoms with van der Waals surface area (Å²) in [5, 5.41) is 1.19. The number of hydrogen-bond acceptors (Lipinski definition) is 4. The van der Waals surface area contributed by atoms with Crippen LogP contribution in [0.25, 0.3) is 0 Å². The second-order valence-corrected chi connectivity index (χ2v) is 5.92. The first kappa shape index (κ1) is 11.9. The summed E-state index contributed by atoms with van der Waals surface area (Å²) in [6.45, 7) is 7.43. The Labute approximate surface area is 102 Å². The summed E-state index contributed by atoms with van der Waals surface area (Å²) in [4.78, 5) is 8.44. The highest BCUT2D eigenvalue weighted by Crippen LogP contribution is 2.29. The second kappa shape index (κ2) is 5.15. The molecule has 3 nitrogen and oxygen atoms in total. The van der Waals surface area contributed by atoms with Crippen molar-refractivity contribution in [2.75, 3.05) is 18.0 Å². The van der Waals surface area contributed by atoms with E-state index in [1.54, 1.807) is 11.3 Å². The van der Waals surface area contributed by atoms with E-state index in [1.165, 1.54) is 41.6 Å². The van der Waals surface area contributed by atoms with E-state index in [0.717, 1.165) is 6.42 Å². The molecule has 0 aliphatic carbocycles. The van der Waals surface area contributed by atoms with Crippen molar-refractivity contribution >= 4 is 16.5 Å². The topological polar surface area (TPSA) is 42.2 Å². The van der Waals surface area contributed by atoms with Crippen molar-refractivity contribution in [3.05, 3.63) is 10.6 Å². The molecule has 1 aliphatic rings. The molecule has 2 rings (SSSR count). The Balaban J connectivity index is 2.17. The first-order chi connectivity index (χ1) is 7.70. The van der Waals surface area contributed by atoms with Gasteiger partial charge < -0.3 is 10.6 Å². The monoisotopic (exact) mass is 239 g/mol. The number of nitrogens with two attached hydrogens (primary N) is 1. The van der Waals surface area contributed by atoms with E-state index in [4.69, 9.17) is 10.7 Å². The molecule has 0 saturated carbocycles. The van der Waals surface area contributed by atoms with Crippen molar-refractivity contribution in [1.29, 1.82) is 0 Å². The van der Waals surface area contributed by atoms with Gasteiger partial charge in [0.05, 0.1) is 5.69 Å². The number of rotatable bonds is 4. The normalized spacial score (nSPS) is 16.4. The Bertz CT molecular complexity index is 340. The molecule has 4 heteroatoms. The van der Waals surface area contributed by atoms with Gasteiger partial charge in [-0.15, -0.1) is 11.3 Å². The number of hydrogen-bond donors (Lipinski definition) is 1. The van der Waals surface area contributed by atoms with E-state index in [9.17, 15) is 0 Å². The van der Waals surface area contributed by atoms with Gasteiger partial charge in [-0.1, -0.05) is 13.8 Å². The highest BCUT2D eigenvalue weighted by molar-refractivity contribution is 7.15. The summed E-state index contributed by atoms with van der Waals surface area (Å²) < 4.78 is 0. The van der Waals surface area contributed by atoms with Crippen molar-refractivity contribution in [1.82, 2.24) is 4.98 Å². The summed E-state index contributed by atoms with van der Waals surface area (Å²) in [6.07, 6.45) is 3.66. The van der Waals surface area contributed by atoms with Gasteiger partial charge in [-0.05, 0) is 25.2 Å². The smallest absolute Gasteiger partial charge is 0.185 e. The van der Waals surface area contributed by atoms with E-state index < -0.39 is 0 Å². The lowest BCUT2D eigenvalue weighted by atomic mass is 10.1. The second-order valence-electron chi connectivity index (χ2n) is 4.86. The molecule has 1 aromatic heterocycles. The maximum Gasteiger partial charge on any atom is 0.185 e. The molecular weight excluding hydrogens is 218 g/mol. The summed E-state index contributed by atoms with van der Waals surface area (Å²) in [7, 11) is 0. The average Bonchev–Trinajstić information content (AvgIpc) is 2.83. The van der Waals surface area contributed by atoms with Crippen LogP contribution in [0.15, 0.2) is 0 Å². The van der Waals surface area contributed by atoms with E-state index in [1.807, 2.05) is 0 Å². The fourth-order valence-corrected chi connectivity index (χ4v) is 3.14. The molecule has 0 radical (unpaired) electrons. The molecule has 0 spiro atoms. The Kier molecular flexibility index (Phi) is 3.82. The van der Waals surface area contributed by atoms with Gasteiger partial charge in [0.1, 0.15) is 0 Å². The number of thiazole rings is 1. The van der Waals surface area contributed by atoms with Crippen LogP contribution in [-0.2, 0) is 13.0 Å². The lowest BCUT2D eigenvalue weighted by molar-refractivity contribution is 0.633. The van der Waals surface area contributed by atoms with Crippen molar-refractivity contribution in [2.24, 2.45) is 11.7 Å². The minimum Gasteiger partial charge on any atom is -0.348 e. The molecule has 16 heavy (non-hydrogen) atoms. The molecule has 90 valence electrons. The summed E-state index contributed by atoms with van der Waals surface area (Å²) >= 11 is 1.79. The predicted molar refractivity (Wildman–Crippen MR) is 70.0 cm³/mol. The molecule has 0 aromatic carbocycles. The largest absolute Gasteiger partial charge is 0.348 e. The van der Waals surface area contributed by atoms with Gasteiger partial charge in [-0.2, -0.15) is 0 Å². The summed E-state index contributed by atoms with van der Waals surface area (Å²) in [5.41, 5.74) is 7.02. The predicted octanol–water partition coefficient (Wildman–Crippen LogP) is 2.40. The van der Waals surface area contributed by atoms with E-state index >= 15 is 0 Å². The first-order valence-corrected chi connectivity index (χ1v) is 6.96. The Morgan fingerprint density at radius 2 is 2.06 bits per heavy atom. The molecule has 0 amide bonds. The van der Waals surface area contributed by atoms with Crippen LogP contribution < -0.4 is 10.6 Å². The van der Waals surface area contributed by atoms with Crippen LogP contribution in [0.5, 0.6) is 0 Å². The van der Waals surface area contributed by atoms with E-state index in [-0.39, 0.29) is 0 Å². The number of anilines is 1. The average molecular weight is 239 g/mol. The Hall–Kier alpha value is -0.610. The molecule has 1 fully saturated rings. The molecule has 2 N–H and O–H groups in total. The SMILES string of the molecule is CC(C)Cc1nc(N2CCCC2)sc1CN. The summed E-state index contributed by atoms with van der Waals surface area (Å²) in [6, 6.07) is 0. The lowest BCUT2D eigenvalue weighted by Gasteiger charge is -2.12. The molecule has 1 aromatic rings. The fraction of sp³-hybridized carbons (Fsp3) is 0.750. The maximum atomic E-state index is 5.79. The van der Waals surface area contributed by atoms with Gasteiger partial charge >= 0.3 is 0 Å². The van der Waals surface area contributed by atoms with Gasteiger partial charge in [0.2, 0.25) is 0 Å². The Morgan fingerprint density at radius 1 is 1.38 bits per heavy atom. The third-order valence-electron chi connectivity index (χ3n) is 2.93. The van der Waals surface area contributed by atoms with Gasteiger partial charge in [-0.25, -0.2) is 4.98 Å². The third kappa shape index (κ3) is 2.55. The zero-order chi connectivity index (χ0) is 11.5. The van der Waals surface area contributed by atoms with Crippen LogP contribution in [0.2, 0.25) is 0 Å². The maximum absolute atomic E-state index is 5.79. The van der Waals surface area contributed by atoms with Crippen molar-refractivity contribution in [2.45, 2.75) is 39.7 Å². The molecule has 1 aliphatic heterocycles. The standard InChI is InChI=1S/C12H21N3S/c1-9(2)7-10-11(8-13)16-12(14-10)15-5-3-4-6-15/h9H,3-8,13H2,1-2H3. The van der Waals surface area contributed by atoms with Crippen LogP contribution in [0, 0.1) is 5.92 Å². The van der Waals surface area contributed by atoms with E-state index in [2.05, 4.69) is 18.7 Å². The minimum atomic E-state index is 0.632. The molecule has 0 atom stereocenters. The molecule has 0 bridgehead atoms. The van der Waals surface area contributed by atoms with E-state index in [0.29, 0.717) is 12.5 Å². The molecule has 0 unspecified atom stereocenters. The molecule has 1 saturated heterocycles. The first-order valence-electron chi connectivity index (χ1n) is 6.14. The zero-order valence-corrected chi connectivity index (χ0v) is 11.0. The van der Waals surface area contributed by atoms with Crippen LogP contribution in [0.3, 0.4) is 0 Å². The van der Waals surface area contributed by atoms with Crippen LogP contribution >= 0.6 is 11.3 Å². The van der Waals surface area contributed by atoms with Crippen molar-refractivity contribution < 1.29 is 0 Å². The minimum absolute atomic E-state index is 0.632. The van der Waals surface area contributed by atoms with Gasteiger partial charge in [0.15, 0.2) is 5.13 Å². The highest BCUT2D eigenvalue weighted by Gasteiger charge is 2.18. The molecule has 2 heterocycles. The zero-order valence-electron chi connectivity index (χ0n) is 10.2. The number of nitrogens with zero attached hydrogens (tertiary/aromatic N) is 2. The fourth-order valence-electron chi connectivity index (χ4n) is 2.12. The van der Waals surface area contributed by atoms with Crippen LogP contribution in [0.4, 0.5) is 5.13 Å². The van der Waals surface area contributed by atoms with Gasteiger partial charge in [-0.3, -0.25) is 0 Å². The quantitative estimate of drug-likeness (QED) is 0.877. The highest BCUT2D eigenvalue weighted by atomic mass is 32.1. The third-order valence-corrected chi connectivity index (χ3v) is 4.11.